The second-order valence-electron chi connectivity index (χ2n) is 8.93. The zero-order valence-electron chi connectivity index (χ0n) is 20.4. The smallest absolute Gasteiger partial charge is 0.342 e. The molecule has 1 aliphatic rings. The number of ether oxygens (including phenoxy) is 1. The predicted octanol–water partition coefficient (Wildman–Crippen LogP) is 6.46. The van der Waals surface area contributed by atoms with Gasteiger partial charge in [0.1, 0.15) is 11.5 Å². The minimum Gasteiger partial charge on any atom is -0.507 e. The molecule has 5 rings (SSSR count). The summed E-state index contributed by atoms with van der Waals surface area (Å²) < 4.78 is 6.60. The quantitative estimate of drug-likeness (QED) is 0.245. The fourth-order valence-electron chi connectivity index (χ4n) is 4.12. The molecule has 0 radical (unpaired) electrons. The van der Waals surface area contributed by atoms with Crippen LogP contribution in [0.15, 0.2) is 66.7 Å². The molecule has 2 amide bonds. The van der Waals surface area contributed by atoms with E-state index in [9.17, 15) is 14.7 Å². The summed E-state index contributed by atoms with van der Waals surface area (Å²) in [5.74, 6) is 0.231. The number of hydrogen-bond acceptors (Lipinski definition) is 5. The lowest BCUT2D eigenvalue weighted by molar-refractivity contribution is 0.102. The van der Waals surface area contributed by atoms with Gasteiger partial charge >= 0.3 is 6.03 Å². The van der Waals surface area contributed by atoms with Crippen molar-refractivity contribution < 1.29 is 19.4 Å². The molecule has 0 spiro atoms. The summed E-state index contributed by atoms with van der Waals surface area (Å²) in [5, 5.41) is 21.8. The highest BCUT2D eigenvalue weighted by Gasteiger charge is 2.30. The van der Waals surface area contributed by atoms with E-state index < -0.39 is 0 Å². The summed E-state index contributed by atoms with van der Waals surface area (Å²) in [4.78, 5) is 25.7. The summed E-state index contributed by atoms with van der Waals surface area (Å²) >= 11 is 12.0. The van der Waals surface area contributed by atoms with Gasteiger partial charge in [-0.1, -0.05) is 41.4 Å². The number of nitrogens with one attached hydrogen (secondary N) is 2. The molecule has 0 atom stereocenters. The first kappa shape index (κ1) is 25.6. The van der Waals surface area contributed by atoms with E-state index in [2.05, 4.69) is 15.7 Å². The van der Waals surface area contributed by atoms with Gasteiger partial charge in [0.2, 0.25) is 0 Å². The van der Waals surface area contributed by atoms with Crippen LogP contribution in [0.4, 0.5) is 10.5 Å². The third-order valence-electron chi connectivity index (χ3n) is 6.24. The molecule has 4 aromatic rings. The van der Waals surface area contributed by atoms with Crippen molar-refractivity contribution in [2.24, 2.45) is 0 Å². The van der Waals surface area contributed by atoms with Crippen molar-refractivity contribution in [3.63, 3.8) is 0 Å². The Hall–Kier alpha value is -4.01. The Kier molecular flexibility index (Phi) is 7.26. The highest BCUT2D eigenvalue weighted by Crippen LogP contribution is 2.42. The zero-order chi connectivity index (χ0) is 26.8. The average molecular weight is 551 g/mol. The number of para-hydroxylation sites is 1. The molecule has 0 saturated heterocycles. The van der Waals surface area contributed by atoms with Crippen LogP contribution in [0.2, 0.25) is 10.0 Å². The van der Waals surface area contributed by atoms with E-state index in [-0.39, 0.29) is 30.2 Å². The van der Waals surface area contributed by atoms with Crippen LogP contribution in [0.3, 0.4) is 0 Å². The number of anilines is 1. The molecule has 3 aromatic carbocycles. The van der Waals surface area contributed by atoms with Gasteiger partial charge in [-0.25, -0.2) is 4.79 Å². The fraction of sp³-hybridized carbons (Fsp3) is 0.179. The maximum absolute atomic E-state index is 13.0. The fourth-order valence-corrected chi connectivity index (χ4v) is 4.44. The Balaban J connectivity index is 1.34. The molecule has 1 heterocycles. The van der Waals surface area contributed by atoms with Gasteiger partial charge in [0.25, 0.3) is 5.91 Å². The van der Waals surface area contributed by atoms with Gasteiger partial charge in [0.15, 0.2) is 0 Å². The molecule has 1 fully saturated rings. The molecule has 1 aromatic heterocycles. The number of carbonyl (C=O) groups excluding carboxylic acids is 2. The number of benzene rings is 3. The van der Waals surface area contributed by atoms with Crippen LogP contribution < -0.4 is 15.4 Å². The number of hydrogen-bond donors (Lipinski definition) is 3. The van der Waals surface area contributed by atoms with Gasteiger partial charge in [-0.2, -0.15) is 9.78 Å². The summed E-state index contributed by atoms with van der Waals surface area (Å²) in [7, 11) is 1.50. The highest BCUT2D eigenvalue weighted by atomic mass is 35.5. The van der Waals surface area contributed by atoms with Gasteiger partial charge in [-0.15, -0.1) is 0 Å². The van der Waals surface area contributed by atoms with Gasteiger partial charge < -0.3 is 20.5 Å². The molecule has 0 bridgehead atoms. The van der Waals surface area contributed by atoms with Crippen molar-refractivity contribution in [3.05, 3.63) is 93.6 Å². The number of aromatic hydroxyl groups is 1. The van der Waals surface area contributed by atoms with Crippen LogP contribution in [0.5, 0.6) is 11.5 Å². The predicted molar refractivity (Wildman–Crippen MR) is 146 cm³/mol. The molecule has 0 unspecified atom stereocenters. The summed E-state index contributed by atoms with van der Waals surface area (Å²) in [6, 6.07) is 18.2. The van der Waals surface area contributed by atoms with Crippen LogP contribution in [0, 0.1) is 0 Å². The molecule has 1 saturated carbocycles. The number of carbonyl (C=O) groups is 2. The molecule has 1 aliphatic carbocycles. The van der Waals surface area contributed by atoms with Crippen LogP contribution in [-0.2, 0) is 6.54 Å². The Morgan fingerprint density at radius 1 is 1.05 bits per heavy atom. The SMILES string of the molecule is COc1ccccc1C(=O)Nc1ccc(-c2cc(C3CC3)n(C(=O)NCc3ccc(Cl)c(Cl)c3)n2)c(O)c1. The standard InChI is InChI=1S/C28H24Cl2N4O4/c1-38-26-5-3-2-4-20(26)27(36)32-18-9-10-19(25(35)13-18)23-14-24(17-7-8-17)34(33-23)28(37)31-15-16-6-11-21(29)22(30)12-16/h2-6,9-14,17,35H,7-8,15H2,1H3,(H,31,37)(H,32,36). The third kappa shape index (κ3) is 5.46. The van der Waals surface area contributed by atoms with Gasteiger partial charge in [-0.3, -0.25) is 4.79 Å². The molecular weight excluding hydrogens is 527 g/mol. The molecule has 3 N–H and O–H groups in total. The van der Waals surface area contributed by atoms with E-state index in [1.54, 1.807) is 54.6 Å². The number of halogens is 2. The number of amides is 2. The lowest BCUT2D eigenvalue weighted by Gasteiger charge is -2.10. The van der Waals surface area contributed by atoms with Crippen LogP contribution in [-0.4, -0.2) is 33.9 Å². The van der Waals surface area contributed by atoms with Crippen molar-refractivity contribution in [2.45, 2.75) is 25.3 Å². The minimum atomic E-state index is -0.385. The van der Waals surface area contributed by atoms with Crippen LogP contribution in [0.25, 0.3) is 11.3 Å². The number of phenols is 1. The number of phenolic OH excluding ortho intramolecular Hbond substituents is 1. The van der Waals surface area contributed by atoms with Crippen LogP contribution >= 0.6 is 23.2 Å². The molecule has 194 valence electrons. The first-order valence-corrected chi connectivity index (χ1v) is 12.7. The molecule has 0 aliphatic heterocycles. The van der Waals surface area contributed by atoms with E-state index in [0.717, 1.165) is 24.1 Å². The Bertz CT molecular complexity index is 1530. The van der Waals surface area contributed by atoms with Gasteiger partial charge in [-0.05, 0) is 60.9 Å². The van der Waals surface area contributed by atoms with Crippen molar-refractivity contribution >= 4 is 40.8 Å². The highest BCUT2D eigenvalue weighted by molar-refractivity contribution is 6.42. The first-order valence-electron chi connectivity index (χ1n) is 11.9. The monoisotopic (exact) mass is 550 g/mol. The van der Waals surface area contributed by atoms with Gasteiger partial charge in [0, 0.05) is 29.8 Å². The lowest BCUT2D eigenvalue weighted by atomic mass is 10.1. The number of nitrogens with zero attached hydrogens (tertiary/aromatic N) is 2. The zero-order valence-corrected chi connectivity index (χ0v) is 21.9. The molecule has 10 heteroatoms. The Morgan fingerprint density at radius 2 is 1.84 bits per heavy atom. The average Bonchev–Trinajstić information content (AvgIpc) is 3.67. The molecule has 38 heavy (non-hydrogen) atoms. The molecule has 8 nitrogen and oxygen atoms in total. The Morgan fingerprint density at radius 3 is 2.55 bits per heavy atom. The van der Waals surface area contributed by atoms with Gasteiger partial charge in [0.05, 0.1) is 34.1 Å². The number of rotatable bonds is 7. The van der Waals surface area contributed by atoms with E-state index in [1.807, 2.05) is 6.07 Å². The number of aromatic nitrogens is 2. The maximum Gasteiger partial charge on any atom is 0.342 e. The second kappa shape index (κ2) is 10.8. The van der Waals surface area contributed by atoms with Crippen molar-refractivity contribution in [1.29, 1.82) is 0 Å². The first-order chi connectivity index (χ1) is 18.3. The molecular formula is C28H24Cl2N4O4. The van der Waals surface area contributed by atoms with Crippen LogP contribution in [0.1, 0.15) is 40.4 Å². The summed E-state index contributed by atoms with van der Waals surface area (Å²) in [6.45, 7) is 0.251. The minimum absolute atomic E-state index is 0.0777. The van der Waals surface area contributed by atoms with Crippen molar-refractivity contribution in [2.75, 3.05) is 12.4 Å². The summed E-state index contributed by atoms with van der Waals surface area (Å²) in [6.07, 6.45) is 1.93. The largest absolute Gasteiger partial charge is 0.507 e. The normalized spacial score (nSPS) is 12.7. The third-order valence-corrected chi connectivity index (χ3v) is 6.97. The van der Waals surface area contributed by atoms with E-state index in [0.29, 0.717) is 38.3 Å². The van der Waals surface area contributed by atoms with E-state index >= 15 is 0 Å². The van der Waals surface area contributed by atoms with E-state index in [1.165, 1.54) is 17.9 Å². The second-order valence-corrected chi connectivity index (χ2v) is 9.75. The van der Waals surface area contributed by atoms with E-state index in [4.69, 9.17) is 27.9 Å². The summed E-state index contributed by atoms with van der Waals surface area (Å²) in [5.41, 5.74) is 3.26. The maximum atomic E-state index is 13.0. The topological polar surface area (TPSA) is 105 Å². The number of methoxy groups -OCH3 is 1. The lowest BCUT2D eigenvalue weighted by Crippen LogP contribution is -2.30. The van der Waals surface area contributed by atoms with Crippen molar-refractivity contribution in [1.82, 2.24) is 15.1 Å². The Labute approximate surface area is 229 Å². The van der Waals surface area contributed by atoms with Crippen molar-refractivity contribution in [3.8, 4) is 22.8 Å².